The SMILES string of the molecule is O=C(NCCCn1ccnc1)/C(=C\c1ccccc1)NC(=O)c1ccccc1. The maximum Gasteiger partial charge on any atom is 0.267 e. The number of hydrogen-bond donors (Lipinski definition) is 2. The predicted molar refractivity (Wildman–Crippen MR) is 108 cm³/mol. The summed E-state index contributed by atoms with van der Waals surface area (Å²) in [5.74, 6) is -0.643. The zero-order valence-corrected chi connectivity index (χ0v) is 15.4. The van der Waals surface area contributed by atoms with E-state index in [0.29, 0.717) is 12.1 Å². The molecule has 0 unspecified atom stereocenters. The standard InChI is InChI=1S/C22H22N4O2/c27-21(19-10-5-2-6-11-19)25-20(16-18-8-3-1-4-9-18)22(28)24-12-7-14-26-15-13-23-17-26/h1-6,8-11,13,15-17H,7,12,14H2,(H,24,28)(H,25,27)/b20-16+. The zero-order valence-electron chi connectivity index (χ0n) is 15.4. The molecule has 0 fully saturated rings. The van der Waals surface area contributed by atoms with Gasteiger partial charge in [-0.25, -0.2) is 4.98 Å². The maximum absolute atomic E-state index is 12.7. The Morgan fingerprint density at radius 1 is 1.00 bits per heavy atom. The fourth-order valence-corrected chi connectivity index (χ4v) is 2.64. The topological polar surface area (TPSA) is 76.0 Å². The van der Waals surface area contributed by atoms with Crippen molar-refractivity contribution in [2.24, 2.45) is 0 Å². The summed E-state index contributed by atoms with van der Waals surface area (Å²) in [4.78, 5) is 29.1. The van der Waals surface area contributed by atoms with E-state index < -0.39 is 0 Å². The first-order chi connectivity index (χ1) is 13.7. The molecule has 28 heavy (non-hydrogen) atoms. The third-order valence-corrected chi connectivity index (χ3v) is 4.08. The third kappa shape index (κ3) is 5.67. The van der Waals surface area contributed by atoms with Crippen molar-refractivity contribution in [3.63, 3.8) is 0 Å². The summed E-state index contributed by atoms with van der Waals surface area (Å²) in [6.45, 7) is 1.25. The zero-order chi connectivity index (χ0) is 19.6. The van der Waals surface area contributed by atoms with Gasteiger partial charge in [-0.15, -0.1) is 0 Å². The van der Waals surface area contributed by atoms with E-state index in [1.165, 1.54) is 0 Å². The van der Waals surface area contributed by atoms with Crippen molar-refractivity contribution in [1.82, 2.24) is 20.2 Å². The van der Waals surface area contributed by atoms with E-state index in [-0.39, 0.29) is 17.5 Å². The van der Waals surface area contributed by atoms with Crippen molar-refractivity contribution in [2.45, 2.75) is 13.0 Å². The van der Waals surface area contributed by atoms with Gasteiger partial charge >= 0.3 is 0 Å². The Morgan fingerprint density at radius 3 is 2.39 bits per heavy atom. The molecule has 0 saturated carbocycles. The molecule has 3 rings (SSSR count). The van der Waals surface area contributed by atoms with Crippen LogP contribution in [-0.4, -0.2) is 27.9 Å². The van der Waals surface area contributed by atoms with Gasteiger partial charge < -0.3 is 15.2 Å². The first-order valence-corrected chi connectivity index (χ1v) is 9.09. The molecule has 0 radical (unpaired) electrons. The molecular weight excluding hydrogens is 352 g/mol. The Balaban J connectivity index is 1.65. The lowest BCUT2D eigenvalue weighted by Crippen LogP contribution is -2.35. The predicted octanol–water partition coefficient (Wildman–Crippen LogP) is 2.86. The number of carbonyl (C=O) groups is 2. The van der Waals surface area contributed by atoms with Crippen molar-refractivity contribution in [1.29, 1.82) is 0 Å². The molecule has 2 amide bonds. The highest BCUT2D eigenvalue weighted by atomic mass is 16.2. The molecule has 0 bridgehead atoms. The highest BCUT2D eigenvalue weighted by molar-refractivity contribution is 6.05. The number of imidazole rings is 1. The quantitative estimate of drug-likeness (QED) is 0.470. The molecule has 6 nitrogen and oxygen atoms in total. The fourth-order valence-electron chi connectivity index (χ4n) is 2.64. The van der Waals surface area contributed by atoms with Crippen molar-refractivity contribution in [2.75, 3.05) is 6.54 Å². The highest BCUT2D eigenvalue weighted by Gasteiger charge is 2.14. The van der Waals surface area contributed by atoms with Crippen LogP contribution in [0.4, 0.5) is 0 Å². The molecule has 0 saturated heterocycles. The van der Waals surface area contributed by atoms with E-state index >= 15 is 0 Å². The van der Waals surface area contributed by atoms with E-state index in [0.717, 1.165) is 18.5 Å². The minimum Gasteiger partial charge on any atom is -0.351 e. The van der Waals surface area contributed by atoms with Crippen LogP contribution < -0.4 is 10.6 Å². The fraction of sp³-hybridized carbons (Fsp3) is 0.136. The molecular formula is C22H22N4O2. The Bertz CT molecular complexity index is 920. The minimum atomic E-state index is -0.323. The molecule has 0 spiro atoms. The summed E-state index contributed by atoms with van der Waals surface area (Å²) in [5.41, 5.74) is 1.54. The van der Waals surface area contributed by atoms with Crippen LogP contribution in [0.5, 0.6) is 0 Å². The van der Waals surface area contributed by atoms with E-state index in [2.05, 4.69) is 15.6 Å². The molecule has 0 aliphatic rings. The number of carbonyl (C=O) groups excluding carboxylic acids is 2. The number of aromatic nitrogens is 2. The Labute approximate surface area is 163 Å². The number of hydrogen-bond acceptors (Lipinski definition) is 3. The largest absolute Gasteiger partial charge is 0.351 e. The van der Waals surface area contributed by atoms with Crippen molar-refractivity contribution >= 4 is 17.9 Å². The first-order valence-electron chi connectivity index (χ1n) is 9.09. The number of nitrogens with one attached hydrogen (secondary N) is 2. The molecule has 3 aromatic rings. The summed E-state index contributed by atoms with van der Waals surface area (Å²) < 4.78 is 1.95. The van der Waals surface area contributed by atoms with Crippen LogP contribution in [-0.2, 0) is 11.3 Å². The normalized spacial score (nSPS) is 11.1. The van der Waals surface area contributed by atoms with Crippen LogP contribution in [0.1, 0.15) is 22.3 Å². The summed E-state index contributed by atoms with van der Waals surface area (Å²) in [6.07, 6.45) is 7.77. The van der Waals surface area contributed by atoms with Gasteiger partial charge in [0.05, 0.1) is 6.33 Å². The molecule has 2 aromatic carbocycles. The van der Waals surface area contributed by atoms with Gasteiger partial charge in [0.2, 0.25) is 0 Å². The summed E-state index contributed by atoms with van der Waals surface area (Å²) >= 11 is 0. The highest BCUT2D eigenvalue weighted by Crippen LogP contribution is 2.07. The lowest BCUT2D eigenvalue weighted by Gasteiger charge is -2.11. The molecule has 6 heteroatoms. The smallest absolute Gasteiger partial charge is 0.267 e. The Morgan fingerprint density at radius 2 is 1.71 bits per heavy atom. The average molecular weight is 374 g/mol. The van der Waals surface area contributed by atoms with Crippen LogP contribution in [0, 0.1) is 0 Å². The first kappa shape index (κ1) is 19.1. The molecule has 0 aliphatic heterocycles. The van der Waals surface area contributed by atoms with E-state index in [1.54, 1.807) is 42.9 Å². The third-order valence-electron chi connectivity index (χ3n) is 4.08. The van der Waals surface area contributed by atoms with Gasteiger partial charge in [0.1, 0.15) is 5.70 Å². The molecule has 0 aliphatic carbocycles. The number of amides is 2. The number of aryl methyl sites for hydroxylation is 1. The summed E-state index contributed by atoms with van der Waals surface area (Å²) in [6, 6.07) is 18.2. The monoisotopic (exact) mass is 374 g/mol. The van der Waals surface area contributed by atoms with Crippen LogP contribution in [0.2, 0.25) is 0 Å². The second kappa shape index (κ2) is 9.87. The van der Waals surface area contributed by atoms with Crippen LogP contribution >= 0.6 is 0 Å². The van der Waals surface area contributed by atoms with E-state index in [1.807, 2.05) is 47.2 Å². The van der Waals surface area contributed by atoms with E-state index in [4.69, 9.17) is 0 Å². The Kier molecular flexibility index (Phi) is 6.73. The minimum absolute atomic E-state index is 0.211. The molecule has 142 valence electrons. The Hall–Kier alpha value is -3.67. The van der Waals surface area contributed by atoms with Crippen LogP contribution in [0.25, 0.3) is 6.08 Å². The second-order valence-electron chi connectivity index (χ2n) is 6.20. The molecule has 0 atom stereocenters. The van der Waals surface area contributed by atoms with Gasteiger partial charge in [0.15, 0.2) is 0 Å². The molecule has 1 aromatic heterocycles. The lowest BCUT2D eigenvalue weighted by molar-refractivity contribution is -0.117. The van der Waals surface area contributed by atoms with Gasteiger partial charge in [0, 0.05) is 31.0 Å². The van der Waals surface area contributed by atoms with E-state index in [9.17, 15) is 9.59 Å². The summed E-state index contributed by atoms with van der Waals surface area (Å²) in [5, 5.41) is 5.60. The second-order valence-corrected chi connectivity index (χ2v) is 6.20. The average Bonchev–Trinajstić information content (AvgIpc) is 3.25. The van der Waals surface area contributed by atoms with Crippen LogP contribution in [0.15, 0.2) is 85.1 Å². The van der Waals surface area contributed by atoms with Crippen molar-refractivity contribution < 1.29 is 9.59 Å². The van der Waals surface area contributed by atoms with Gasteiger partial charge in [-0.3, -0.25) is 9.59 Å². The van der Waals surface area contributed by atoms with Crippen LogP contribution in [0.3, 0.4) is 0 Å². The molecule has 2 N–H and O–H groups in total. The van der Waals surface area contributed by atoms with Gasteiger partial charge in [-0.05, 0) is 30.2 Å². The van der Waals surface area contributed by atoms with Gasteiger partial charge in [-0.1, -0.05) is 48.5 Å². The van der Waals surface area contributed by atoms with Gasteiger partial charge in [-0.2, -0.15) is 0 Å². The number of rotatable bonds is 8. The lowest BCUT2D eigenvalue weighted by atomic mass is 10.1. The summed E-state index contributed by atoms with van der Waals surface area (Å²) in [7, 11) is 0. The number of nitrogens with zero attached hydrogens (tertiary/aromatic N) is 2. The van der Waals surface area contributed by atoms with Crippen molar-refractivity contribution in [3.8, 4) is 0 Å². The molecule has 1 heterocycles. The number of benzene rings is 2. The van der Waals surface area contributed by atoms with Gasteiger partial charge in [0.25, 0.3) is 11.8 Å². The maximum atomic E-state index is 12.7. The van der Waals surface area contributed by atoms with Crippen molar-refractivity contribution in [3.05, 3.63) is 96.2 Å².